The molecular formula is C14H23ClN2O3. The highest BCUT2D eigenvalue weighted by Crippen LogP contribution is 2.17. The highest BCUT2D eigenvalue weighted by molar-refractivity contribution is 5.92. The number of ether oxygens (including phenoxy) is 2. The lowest BCUT2D eigenvalue weighted by Gasteiger charge is -2.09. The molecule has 0 aliphatic heterocycles. The summed E-state index contributed by atoms with van der Waals surface area (Å²) in [5.74, 6) is 0.690. The maximum atomic E-state index is 11.6. The largest absolute Gasteiger partial charge is 0.494 e. The summed E-state index contributed by atoms with van der Waals surface area (Å²) in [7, 11) is 1.63. The zero-order valence-electron chi connectivity index (χ0n) is 12.0. The van der Waals surface area contributed by atoms with Gasteiger partial charge in [0.1, 0.15) is 5.75 Å². The normalized spacial score (nSPS) is 9.70. The Hall–Kier alpha value is -1.30. The molecule has 5 nitrogen and oxygen atoms in total. The Kier molecular flexibility index (Phi) is 10.8. The summed E-state index contributed by atoms with van der Waals surface area (Å²) in [6, 6.07) is 7.40. The van der Waals surface area contributed by atoms with Gasteiger partial charge in [0.25, 0.3) is 0 Å². The Morgan fingerprint density at radius 3 is 2.80 bits per heavy atom. The van der Waals surface area contributed by atoms with Gasteiger partial charge in [-0.3, -0.25) is 4.79 Å². The maximum absolute atomic E-state index is 11.6. The fourth-order valence-electron chi connectivity index (χ4n) is 1.46. The Bertz CT molecular complexity index is 388. The van der Waals surface area contributed by atoms with Gasteiger partial charge in [0.05, 0.1) is 19.8 Å². The van der Waals surface area contributed by atoms with Crippen LogP contribution >= 0.6 is 12.4 Å². The van der Waals surface area contributed by atoms with E-state index in [1.165, 1.54) is 0 Å². The molecule has 0 bridgehead atoms. The summed E-state index contributed by atoms with van der Waals surface area (Å²) in [4.78, 5) is 11.6. The van der Waals surface area contributed by atoms with E-state index >= 15 is 0 Å². The minimum Gasteiger partial charge on any atom is -0.494 e. The quantitative estimate of drug-likeness (QED) is 0.686. The van der Waals surface area contributed by atoms with Crippen molar-refractivity contribution >= 4 is 24.0 Å². The highest BCUT2D eigenvalue weighted by Gasteiger charge is 2.02. The van der Waals surface area contributed by atoms with E-state index in [2.05, 4.69) is 17.6 Å². The Balaban J connectivity index is 0.00000361. The first-order valence-electron chi connectivity index (χ1n) is 6.48. The van der Waals surface area contributed by atoms with Gasteiger partial charge in [-0.2, -0.15) is 0 Å². The number of hydrogen-bond acceptors (Lipinski definition) is 4. The lowest BCUT2D eigenvalue weighted by Crippen LogP contribution is -2.30. The van der Waals surface area contributed by atoms with Gasteiger partial charge in [-0.25, -0.2) is 0 Å². The third-order valence-corrected chi connectivity index (χ3v) is 2.36. The van der Waals surface area contributed by atoms with Gasteiger partial charge >= 0.3 is 0 Å². The van der Waals surface area contributed by atoms with Gasteiger partial charge in [-0.05, 0) is 18.6 Å². The summed E-state index contributed by atoms with van der Waals surface area (Å²) >= 11 is 0. The van der Waals surface area contributed by atoms with E-state index in [9.17, 15) is 4.79 Å². The molecule has 6 heteroatoms. The first-order chi connectivity index (χ1) is 9.26. The van der Waals surface area contributed by atoms with Crippen LogP contribution in [0.5, 0.6) is 5.75 Å². The molecule has 0 spiro atoms. The average Bonchev–Trinajstić information content (AvgIpc) is 2.42. The average molecular weight is 303 g/mol. The molecule has 20 heavy (non-hydrogen) atoms. The van der Waals surface area contributed by atoms with Crippen LogP contribution in [0, 0.1) is 0 Å². The number of methoxy groups -OCH3 is 1. The van der Waals surface area contributed by atoms with Crippen LogP contribution in [-0.2, 0) is 9.53 Å². The zero-order valence-corrected chi connectivity index (χ0v) is 12.8. The molecule has 0 fully saturated rings. The number of anilines is 1. The Labute approximate surface area is 126 Å². The van der Waals surface area contributed by atoms with E-state index in [0.717, 1.165) is 17.9 Å². The van der Waals surface area contributed by atoms with Crippen LogP contribution in [0.4, 0.5) is 5.69 Å². The second kappa shape index (κ2) is 11.5. The van der Waals surface area contributed by atoms with Crippen LogP contribution in [-0.4, -0.2) is 39.3 Å². The van der Waals surface area contributed by atoms with E-state index in [1.807, 2.05) is 24.3 Å². The minimum atomic E-state index is -0.0799. The number of carbonyl (C=O) groups is 1. The molecular weight excluding hydrogens is 280 g/mol. The van der Waals surface area contributed by atoms with Crippen molar-refractivity contribution in [2.24, 2.45) is 0 Å². The van der Waals surface area contributed by atoms with Gasteiger partial charge in [-0.15, -0.1) is 12.4 Å². The Morgan fingerprint density at radius 2 is 2.10 bits per heavy atom. The first-order valence-corrected chi connectivity index (χ1v) is 6.48. The molecule has 0 aromatic heterocycles. The molecule has 1 aromatic rings. The molecule has 0 atom stereocenters. The smallest absolute Gasteiger partial charge is 0.238 e. The molecule has 0 aliphatic rings. The molecule has 1 rings (SSSR count). The Morgan fingerprint density at radius 1 is 1.30 bits per heavy atom. The number of benzene rings is 1. The van der Waals surface area contributed by atoms with Crippen molar-refractivity contribution in [2.75, 3.05) is 38.7 Å². The summed E-state index contributed by atoms with van der Waals surface area (Å²) < 4.78 is 10.4. The van der Waals surface area contributed by atoms with E-state index in [1.54, 1.807) is 7.11 Å². The van der Waals surface area contributed by atoms with Crippen LogP contribution in [0.15, 0.2) is 24.3 Å². The molecule has 2 N–H and O–H groups in total. The standard InChI is InChI=1S/C14H22N2O3.ClH/c1-3-8-19-13-6-4-5-12(10-13)16-14(17)11-15-7-9-18-2;/h4-6,10,15H,3,7-9,11H2,1-2H3,(H,16,17);1H. The molecule has 0 aliphatic carbocycles. The van der Waals surface area contributed by atoms with E-state index in [4.69, 9.17) is 9.47 Å². The molecule has 0 radical (unpaired) electrons. The van der Waals surface area contributed by atoms with Crippen molar-refractivity contribution in [2.45, 2.75) is 13.3 Å². The molecule has 0 saturated heterocycles. The predicted molar refractivity (Wildman–Crippen MR) is 82.9 cm³/mol. The second-order valence-electron chi connectivity index (χ2n) is 4.09. The summed E-state index contributed by atoms with van der Waals surface area (Å²) in [5, 5.41) is 5.80. The predicted octanol–water partition coefficient (Wildman–Crippen LogP) is 2.07. The number of hydrogen-bond donors (Lipinski definition) is 2. The van der Waals surface area contributed by atoms with Crippen molar-refractivity contribution in [3.63, 3.8) is 0 Å². The minimum absolute atomic E-state index is 0. The molecule has 0 saturated carbocycles. The van der Waals surface area contributed by atoms with Crippen molar-refractivity contribution in [1.82, 2.24) is 5.32 Å². The number of carbonyl (C=O) groups excluding carboxylic acids is 1. The third kappa shape index (κ3) is 7.99. The summed E-state index contributed by atoms with van der Waals surface area (Å²) in [6.45, 7) is 4.24. The van der Waals surface area contributed by atoms with Gasteiger partial charge in [0.15, 0.2) is 0 Å². The van der Waals surface area contributed by atoms with Crippen LogP contribution < -0.4 is 15.4 Å². The van der Waals surface area contributed by atoms with E-state index in [0.29, 0.717) is 19.8 Å². The van der Waals surface area contributed by atoms with Crippen molar-refractivity contribution < 1.29 is 14.3 Å². The number of halogens is 1. The van der Waals surface area contributed by atoms with Gasteiger partial charge in [0, 0.05) is 25.4 Å². The number of rotatable bonds is 9. The third-order valence-electron chi connectivity index (χ3n) is 2.36. The second-order valence-corrected chi connectivity index (χ2v) is 4.09. The molecule has 1 amide bonds. The van der Waals surface area contributed by atoms with Crippen molar-refractivity contribution in [3.05, 3.63) is 24.3 Å². The van der Waals surface area contributed by atoms with Gasteiger partial charge < -0.3 is 20.1 Å². The van der Waals surface area contributed by atoms with Gasteiger partial charge in [-0.1, -0.05) is 13.0 Å². The van der Waals surface area contributed by atoms with Gasteiger partial charge in [0.2, 0.25) is 5.91 Å². The monoisotopic (exact) mass is 302 g/mol. The lowest BCUT2D eigenvalue weighted by atomic mass is 10.3. The summed E-state index contributed by atoms with van der Waals surface area (Å²) in [5.41, 5.74) is 0.743. The van der Waals surface area contributed by atoms with Crippen LogP contribution in [0.3, 0.4) is 0 Å². The molecule has 1 aromatic carbocycles. The SMILES string of the molecule is CCCOc1cccc(NC(=O)CNCCOC)c1.Cl. The topological polar surface area (TPSA) is 59.6 Å². The van der Waals surface area contributed by atoms with Crippen LogP contribution in [0.2, 0.25) is 0 Å². The fraction of sp³-hybridized carbons (Fsp3) is 0.500. The lowest BCUT2D eigenvalue weighted by molar-refractivity contribution is -0.115. The fourth-order valence-corrected chi connectivity index (χ4v) is 1.46. The van der Waals surface area contributed by atoms with Crippen molar-refractivity contribution in [1.29, 1.82) is 0 Å². The number of nitrogens with one attached hydrogen (secondary N) is 2. The van der Waals surface area contributed by atoms with Crippen molar-refractivity contribution in [3.8, 4) is 5.75 Å². The van der Waals surface area contributed by atoms with E-state index < -0.39 is 0 Å². The van der Waals surface area contributed by atoms with Crippen LogP contribution in [0.25, 0.3) is 0 Å². The van der Waals surface area contributed by atoms with Crippen LogP contribution in [0.1, 0.15) is 13.3 Å². The first kappa shape index (κ1) is 18.7. The summed E-state index contributed by atoms with van der Waals surface area (Å²) in [6.07, 6.45) is 0.958. The van der Waals surface area contributed by atoms with E-state index in [-0.39, 0.29) is 24.9 Å². The molecule has 0 unspecified atom stereocenters. The molecule has 0 heterocycles. The maximum Gasteiger partial charge on any atom is 0.238 e. The zero-order chi connectivity index (χ0) is 13.9. The highest BCUT2D eigenvalue weighted by atomic mass is 35.5. The number of amides is 1. The molecule has 114 valence electrons.